The second-order valence-electron chi connectivity index (χ2n) is 6.41. The normalized spacial score (nSPS) is 38.3. The lowest BCUT2D eigenvalue weighted by molar-refractivity contribution is 0.0640. The molecule has 0 amide bonds. The van der Waals surface area contributed by atoms with Crippen LogP contribution in [0.2, 0.25) is 0 Å². The first-order chi connectivity index (χ1) is 8.92. The number of nitrogens with zero attached hydrogens (tertiary/aromatic N) is 1. The lowest BCUT2D eigenvalue weighted by Gasteiger charge is -2.47. The molecular weight excluding hydrogens is 260 g/mol. The van der Waals surface area contributed by atoms with Crippen LogP contribution in [0.15, 0.2) is 0 Å². The lowest BCUT2D eigenvalue weighted by atomic mass is 9.92. The van der Waals surface area contributed by atoms with Crippen LogP contribution in [-0.2, 0) is 9.84 Å². The SMILES string of the molecule is CC1CCCCCN1C1(CN)CCCC1S(C)(=O)=O. The van der Waals surface area contributed by atoms with Crippen LogP contribution in [0.25, 0.3) is 0 Å². The summed E-state index contributed by atoms with van der Waals surface area (Å²) in [7, 11) is -3.03. The van der Waals surface area contributed by atoms with Gasteiger partial charge in [0.1, 0.15) is 0 Å². The highest BCUT2D eigenvalue weighted by atomic mass is 32.2. The maximum atomic E-state index is 12.2. The van der Waals surface area contributed by atoms with Crippen molar-refractivity contribution in [3.8, 4) is 0 Å². The highest BCUT2D eigenvalue weighted by molar-refractivity contribution is 7.91. The van der Waals surface area contributed by atoms with E-state index >= 15 is 0 Å². The number of hydrogen-bond acceptors (Lipinski definition) is 4. The summed E-state index contributed by atoms with van der Waals surface area (Å²) in [5.41, 5.74) is 5.79. The van der Waals surface area contributed by atoms with Gasteiger partial charge in [-0.15, -0.1) is 0 Å². The van der Waals surface area contributed by atoms with Gasteiger partial charge >= 0.3 is 0 Å². The highest BCUT2D eigenvalue weighted by Gasteiger charge is 2.51. The smallest absolute Gasteiger partial charge is 0.152 e. The second kappa shape index (κ2) is 5.70. The lowest BCUT2D eigenvalue weighted by Crippen LogP contribution is -2.62. The molecule has 112 valence electrons. The Morgan fingerprint density at radius 3 is 2.58 bits per heavy atom. The van der Waals surface area contributed by atoms with Crippen LogP contribution < -0.4 is 5.73 Å². The van der Waals surface area contributed by atoms with Gasteiger partial charge in [-0.25, -0.2) is 8.42 Å². The summed E-state index contributed by atoms with van der Waals surface area (Å²) in [5, 5.41) is -0.273. The summed E-state index contributed by atoms with van der Waals surface area (Å²) in [6.07, 6.45) is 8.92. The Morgan fingerprint density at radius 2 is 1.95 bits per heavy atom. The molecule has 0 spiro atoms. The van der Waals surface area contributed by atoms with Crippen molar-refractivity contribution in [1.82, 2.24) is 4.90 Å². The van der Waals surface area contributed by atoms with E-state index in [1.54, 1.807) is 0 Å². The zero-order valence-electron chi connectivity index (χ0n) is 12.3. The molecule has 1 aliphatic carbocycles. The third-order valence-corrected chi connectivity index (χ3v) is 6.88. The van der Waals surface area contributed by atoms with Gasteiger partial charge < -0.3 is 5.73 Å². The van der Waals surface area contributed by atoms with Crippen molar-refractivity contribution in [1.29, 1.82) is 0 Å². The van der Waals surface area contributed by atoms with Crippen molar-refractivity contribution >= 4 is 9.84 Å². The minimum atomic E-state index is -3.03. The Labute approximate surface area is 117 Å². The second-order valence-corrected chi connectivity index (χ2v) is 8.64. The van der Waals surface area contributed by atoms with E-state index in [2.05, 4.69) is 11.8 Å². The van der Waals surface area contributed by atoms with E-state index in [0.717, 1.165) is 32.2 Å². The van der Waals surface area contributed by atoms with Gasteiger partial charge in [-0.2, -0.15) is 0 Å². The summed E-state index contributed by atoms with van der Waals surface area (Å²) >= 11 is 0. The molecule has 2 N–H and O–H groups in total. The van der Waals surface area contributed by atoms with Gasteiger partial charge in [0.05, 0.1) is 10.8 Å². The van der Waals surface area contributed by atoms with Crippen LogP contribution in [-0.4, -0.2) is 49.5 Å². The molecule has 0 radical (unpaired) electrons. The molecule has 2 fully saturated rings. The van der Waals surface area contributed by atoms with E-state index in [0.29, 0.717) is 12.6 Å². The zero-order valence-corrected chi connectivity index (χ0v) is 13.1. The molecule has 0 bridgehead atoms. The average Bonchev–Trinajstić information content (AvgIpc) is 2.67. The molecule has 1 heterocycles. The Kier molecular flexibility index (Phi) is 4.58. The monoisotopic (exact) mass is 288 g/mol. The van der Waals surface area contributed by atoms with Crippen molar-refractivity contribution in [2.24, 2.45) is 5.73 Å². The average molecular weight is 288 g/mol. The Balaban J connectivity index is 2.35. The molecule has 2 aliphatic rings. The fourth-order valence-corrected chi connectivity index (χ4v) is 5.99. The van der Waals surface area contributed by atoms with Gasteiger partial charge in [0.25, 0.3) is 0 Å². The minimum absolute atomic E-state index is 0.273. The number of likely N-dealkylation sites (tertiary alicyclic amines) is 1. The van der Waals surface area contributed by atoms with E-state index < -0.39 is 9.84 Å². The van der Waals surface area contributed by atoms with Gasteiger partial charge in [0.2, 0.25) is 0 Å². The molecule has 0 aromatic carbocycles. The Bertz CT molecular complexity index is 410. The molecule has 0 aromatic rings. The zero-order chi connectivity index (χ0) is 14.1. The first-order valence-electron chi connectivity index (χ1n) is 7.57. The maximum Gasteiger partial charge on any atom is 0.152 e. The van der Waals surface area contributed by atoms with E-state index in [1.165, 1.54) is 25.5 Å². The van der Waals surface area contributed by atoms with E-state index in [9.17, 15) is 8.42 Å². The van der Waals surface area contributed by atoms with Crippen molar-refractivity contribution in [2.45, 2.75) is 68.7 Å². The minimum Gasteiger partial charge on any atom is -0.329 e. The van der Waals surface area contributed by atoms with Gasteiger partial charge in [0.15, 0.2) is 9.84 Å². The van der Waals surface area contributed by atoms with E-state index in [-0.39, 0.29) is 10.8 Å². The third-order valence-electron chi connectivity index (χ3n) is 5.17. The van der Waals surface area contributed by atoms with Crippen LogP contribution in [0.1, 0.15) is 51.9 Å². The number of nitrogens with two attached hydrogens (primary N) is 1. The van der Waals surface area contributed by atoms with Crippen LogP contribution in [0.5, 0.6) is 0 Å². The van der Waals surface area contributed by atoms with Crippen LogP contribution >= 0.6 is 0 Å². The molecule has 3 atom stereocenters. The predicted molar refractivity (Wildman–Crippen MR) is 78.9 cm³/mol. The fraction of sp³-hybridized carbons (Fsp3) is 1.00. The van der Waals surface area contributed by atoms with Gasteiger partial charge in [0, 0.05) is 18.8 Å². The third kappa shape index (κ3) is 2.83. The summed E-state index contributed by atoms with van der Waals surface area (Å²) in [6, 6.07) is 0.452. The maximum absolute atomic E-state index is 12.2. The van der Waals surface area contributed by atoms with Crippen molar-refractivity contribution in [2.75, 3.05) is 19.3 Å². The summed E-state index contributed by atoms with van der Waals surface area (Å²) in [6.45, 7) is 3.71. The van der Waals surface area contributed by atoms with Gasteiger partial charge in [-0.05, 0) is 39.2 Å². The first kappa shape index (κ1) is 15.3. The first-order valence-corrected chi connectivity index (χ1v) is 9.53. The molecule has 0 aromatic heterocycles. The molecule has 1 aliphatic heterocycles. The quantitative estimate of drug-likeness (QED) is 0.856. The Hall–Kier alpha value is -0.130. The van der Waals surface area contributed by atoms with Crippen LogP contribution in [0, 0.1) is 0 Å². The molecule has 2 rings (SSSR count). The molecule has 1 saturated carbocycles. The molecular formula is C14H28N2O2S. The standard InChI is InChI=1S/C14H28N2O2S/c1-12-7-4-3-5-10-16(12)14(11-15)9-6-8-13(14)19(2,17)18/h12-13H,3-11,15H2,1-2H3. The summed E-state index contributed by atoms with van der Waals surface area (Å²) < 4.78 is 24.3. The molecule has 19 heavy (non-hydrogen) atoms. The molecule has 5 heteroatoms. The molecule has 4 nitrogen and oxygen atoms in total. The van der Waals surface area contributed by atoms with Crippen molar-refractivity contribution < 1.29 is 8.42 Å². The van der Waals surface area contributed by atoms with Crippen molar-refractivity contribution in [3.05, 3.63) is 0 Å². The molecule has 3 unspecified atom stereocenters. The van der Waals surface area contributed by atoms with Gasteiger partial charge in [-0.3, -0.25) is 4.90 Å². The van der Waals surface area contributed by atoms with Gasteiger partial charge in [-0.1, -0.05) is 19.3 Å². The predicted octanol–water partition coefficient (Wildman–Crippen LogP) is 1.55. The number of sulfone groups is 1. The van der Waals surface area contributed by atoms with Crippen LogP contribution in [0.3, 0.4) is 0 Å². The molecule has 1 saturated heterocycles. The number of hydrogen-bond donors (Lipinski definition) is 1. The fourth-order valence-electron chi connectivity index (χ4n) is 4.25. The van der Waals surface area contributed by atoms with E-state index in [1.807, 2.05) is 0 Å². The van der Waals surface area contributed by atoms with E-state index in [4.69, 9.17) is 5.73 Å². The highest BCUT2D eigenvalue weighted by Crippen LogP contribution is 2.41. The largest absolute Gasteiger partial charge is 0.329 e. The Morgan fingerprint density at radius 1 is 1.21 bits per heavy atom. The van der Waals surface area contributed by atoms with Crippen molar-refractivity contribution in [3.63, 3.8) is 0 Å². The summed E-state index contributed by atoms with van der Waals surface area (Å²) in [4.78, 5) is 2.44. The number of rotatable bonds is 3. The summed E-state index contributed by atoms with van der Waals surface area (Å²) in [5.74, 6) is 0. The van der Waals surface area contributed by atoms with Crippen LogP contribution in [0.4, 0.5) is 0 Å². The topological polar surface area (TPSA) is 63.4 Å².